The minimum absolute atomic E-state index is 0.0157. The van der Waals surface area contributed by atoms with Gasteiger partial charge in [0.25, 0.3) is 0 Å². The number of ether oxygens (including phenoxy) is 3. The van der Waals surface area contributed by atoms with Gasteiger partial charge in [-0.1, -0.05) is 24.4 Å². The molecule has 4 nitrogen and oxygen atoms in total. The summed E-state index contributed by atoms with van der Waals surface area (Å²) in [5.74, 6) is 1.32. The van der Waals surface area contributed by atoms with E-state index >= 15 is 0 Å². The molecule has 4 rings (SSSR count). The van der Waals surface area contributed by atoms with Crippen LogP contribution in [0.3, 0.4) is 0 Å². The van der Waals surface area contributed by atoms with Gasteiger partial charge in [0.15, 0.2) is 6.29 Å². The van der Waals surface area contributed by atoms with Gasteiger partial charge < -0.3 is 14.2 Å². The number of rotatable bonds is 6. The second-order valence-corrected chi connectivity index (χ2v) is 9.51. The monoisotopic (exact) mass is 438 g/mol. The van der Waals surface area contributed by atoms with Crippen molar-refractivity contribution >= 4 is 17.6 Å². The van der Waals surface area contributed by atoms with Crippen molar-refractivity contribution in [3.8, 4) is 0 Å². The third-order valence-corrected chi connectivity index (χ3v) is 7.51. The first-order chi connectivity index (χ1) is 14.6. The number of benzene rings is 1. The standard InChI is InChI=1S/C24H32ClFO4/c25-21-11-8-19(15-22(21)26)24(27)30-20-9-6-18(7-10-20)17-4-1-16(2-5-17)3-12-23-28-13-14-29-23/h8,11,15-18,20,23H,1-7,9-10,12-14H2/t16-,17-,18-,20-. The molecule has 0 aromatic heterocycles. The van der Waals surface area contributed by atoms with Crippen LogP contribution in [-0.4, -0.2) is 31.6 Å². The SMILES string of the molecule is O=C(O[C@H]1CC[C@H]([C@H]2CC[C@H](CCC3OCCO3)CC2)CC1)c1ccc(Cl)c(F)c1. The molecule has 0 bridgehead atoms. The Kier molecular flexibility index (Phi) is 7.66. The Morgan fingerprint density at radius 2 is 1.60 bits per heavy atom. The summed E-state index contributed by atoms with van der Waals surface area (Å²) in [5.41, 5.74) is 0.228. The predicted molar refractivity (Wildman–Crippen MR) is 113 cm³/mol. The van der Waals surface area contributed by atoms with Crippen LogP contribution in [-0.2, 0) is 14.2 Å². The molecule has 166 valence electrons. The Balaban J connectivity index is 1.16. The lowest BCUT2D eigenvalue weighted by atomic mass is 9.70. The molecule has 0 amide bonds. The summed E-state index contributed by atoms with van der Waals surface area (Å²) in [6.45, 7) is 1.48. The van der Waals surface area contributed by atoms with E-state index in [9.17, 15) is 9.18 Å². The van der Waals surface area contributed by atoms with Crippen molar-refractivity contribution in [2.75, 3.05) is 13.2 Å². The molecule has 1 aliphatic heterocycles. The number of hydrogen-bond donors (Lipinski definition) is 0. The van der Waals surface area contributed by atoms with Crippen LogP contribution in [0.2, 0.25) is 5.02 Å². The summed E-state index contributed by atoms with van der Waals surface area (Å²) < 4.78 is 30.3. The lowest BCUT2D eigenvalue weighted by Crippen LogP contribution is -2.30. The van der Waals surface area contributed by atoms with Crippen LogP contribution < -0.4 is 0 Å². The summed E-state index contributed by atoms with van der Waals surface area (Å²) in [5, 5.41) is 0.0157. The molecule has 0 radical (unpaired) electrons. The lowest BCUT2D eigenvalue weighted by molar-refractivity contribution is -0.0515. The van der Waals surface area contributed by atoms with Gasteiger partial charge in [0.2, 0.25) is 0 Å². The Morgan fingerprint density at radius 1 is 0.967 bits per heavy atom. The van der Waals surface area contributed by atoms with Gasteiger partial charge in [-0.3, -0.25) is 0 Å². The van der Waals surface area contributed by atoms with Crippen molar-refractivity contribution in [1.82, 2.24) is 0 Å². The van der Waals surface area contributed by atoms with Gasteiger partial charge >= 0.3 is 5.97 Å². The van der Waals surface area contributed by atoms with Crippen LogP contribution in [0.5, 0.6) is 0 Å². The third-order valence-electron chi connectivity index (χ3n) is 7.21. The average Bonchev–Trinajstić information content (AvgIpc) is 3.29. The average molecular weight is 439 g/mol. The summed E-state index contributed by atoms with van der Waals surface area (Å²) in [7, 11) is 0. The highest BCUT2D eigenvalue weighted by Crippen LogP contribution is 2.41. The topological polar surface area (TPSA) is 44.8 Å². The van der Waals surface area contributed by atoms with Gasteiger partial charge in [0.05, 0.1) is 23.8 Å². The molecule has 2 saturated carbocycles. The van der Waals surface area contributed by atoms with Crippen LogP contribution in [0, 0.1) is 23.6 Å². The van der Waals surface area contributed by atoms with E-state index in [4.69, 9.17) is 25.8 Å². The first-order valence-corrected chi connectivity index (χ1v) is 11.9. The number of carbonyl (C=O) groups excluding carboxylic acids is 1. The van der Waals surface area contributed by atoms with Gasteiger partial charge in [-0.15, -0.1) is 0 Å². The second kappa shape index (κ2) is 10.4. The summed E-state index contributed by atoms with van der Waals surface area (Å²) in [6, 6.07) is 4.07. The Labute approximate surface area is 183 Å². The van der Waals surface area contributed by atoms with Crippen LogP contribution in [0.15, 0.2) is 18.2 Å². The minimum atomic E-state index is -0.589. The maximum absolute atomic E-state index is 13.6. The summed E-state index contributed by atoms with van der Waals surface area (Å²) in [4.78, 5) is 12.3. The maximum atomic E-state index is 13.6. The number of esters is 1. The van der Waals surface area contributed by atoms with Crippen LogP contribution in [0.1, 0.15) is 74.6 Å². The van der Waals surface area contributed by atoms with Crippen LogP contribution >= 0.6 is 11.6 Å². The van der Waals surface area contributed by atoms with E-state index in [0.717, 1.165) is 69.1 Å². The minimum Gasteiger partial charge on any atom is -0.459 e. The summed E-state index contributed by atoms with van der Waals surface area (Å²) >= 11 is 5.68. The molecule has 0 spiro atoms. The van der Waals surface area contributed by atoms with Crippen LogP contribution in [0.4, 0.5) is 4.39 Å². The molecule has 6 heteroatoms. The largest absolute Gasteiger partial charge is 0.459 e. The molecule has 30 heavy (non-hydrogen) atoms. The van der Waals surface area contributed by atoms with E-state index in [-0.39, 0.29) is 23.0 Å². The van der Waals surface area contributed by atoms with Crippen LogP contribution in [0.25, 0.3) is 0 Å². The van der Waals surface area contributed by atoms with Gasteiger partial charge in [0, 0.05) is 0 Å². The zero-order valence-electron chi connectivity index (χ0n) is 17.5. The quantitative estimate of drug-likeness (QED) is 0.499. The molecule has 1 aromatic carbocycles. The first kappa shape index (κ1) is 22.0. The molecule has 1 aromatic rings. The van der Waals surface area contributed by atoms with Crippen molar-refractivity contribution in [2.24, 2.45) is 17.8 Å². The van der Waals surface area contributed by atoms with E-state index in [1.807, 2.05) is 0 Å². The van der Waals surface area contributed by atoms with Gasteiger partial charge in [-0.05, 0) is 87.3 Å². The Bertz CT molecular complexity index is 705. The van der Waals surface area contributed by atoms with E-state index in [1.165, 1.54) is 44.2 Å². The van der Waals surface area contributed by atoms with Gasteiger partial charge in [0.1, 0.15) is 11.9 Å². The van der Waals surface area contributed by atoms with Crippen molar-refractivity contribution < 1.29 is 23.4 Å². The smallest absolute Gasteiger partial charge is 0.338 e. The fourth-order valence-electron chi connectivity index (χ4n) is 5.41. The van der Waals surface area contributed by atoms with Crippen molar-refractivity contribution in [3.63, 3.8) is 0 Å². The molecule has 3 aliphatic rings. The summed E-state index contributed by atoms with van der Waals surface area (Å²) in [6.07, 6.45) is 11.5. The molecule has 0 unspecified atom stereocenters. The normalized spacial score (nSPS) is 30.3. The Hall–Kier alpha value is -1.17. The molecular formula is C24H32ClFO4. The number of hydrogen-bond acceptors (Lipinski definition) is 4. The van der Waals surface area contributed by atoms with E-state index in [0.29, 0.717) is 0 Å². The molecule has 0 atom stereocenters. The molecular weight excluding hydrogens is 407 g/mol. The maximum Gasteiger partial charge on any atom is 0.338 e. The van der Waals surface area contributed by atoms with Crippen molar-refractivity contribution in [3.05, 3.63) is 34.6 Å². The zero-order valence-corrected chi connectivity index (χ0v) is 18.2. The molecule has 3 fully saturated rings. The predicted octanol–water partition coefficient (Wildman–Crippen LogP) is 6.15. The number of carbonyl (C=O) groups is 1. The highest BCUT2D eigenvalue weighted by atomic mass is 35.5. The lowest BCUT2D eigenvalue weighted by Gasteiger charge is -2.37. The molecule has 1 heterocycles. The van der Waals surface area contributed by atoms with Crippen molar-refractivity contribution in [2.45, 2.75) is 76.6 Å². The van der Waals surface area contributed by atoms with Crippen molar-refractivity contribution in [1.29, 1.82) is 0 Å². The first-order valence-electron chi connectivity index (χ1n) is 11.5. The molecule has 2 aliphatic carbocycles. The van der Waals surface area contributed by atoms with Gasteiger partial charge in [-0.2, -0.15) is 0 Å². The van der Waals surface area contributed by atoms with E-state index in [1.54, 1.807) is 0 Å². The molecule has 0 N–H and O–H groups in total. The zero-order chi connectivity index (χ0) is 20.9. The Morgan fingerprint density at radius 3 is 2.23 bits per heavy atom. The number of halogens is 2. The highest BCUT2D eigenvalue weighted by molar-refractivity contribution is 6.30. The molecule has 1 saturated heterocycles. The highest BCUT2D eigenvalue weighted by Gasteiger charge is 2.32. The van der Waals surface area contributed by atoms with Gasteiger partial charge in [-0.25, -0.2) is 9.18 Å². The fraction of sp³-hybridized carbons (Fsp3) is 0.708. The fourth-order valence-corrected chi connectivity index (χ4v) is 5.53. The third kappa shape index (κ3) is 5.74. The van der Waals surface area contributed by atoms with E-state index in [2.05, 4.69) is 0 Å². The second-order valence-electron chi connectivity index (χ2n) is 9.10. The van der Waals surface area contributed by atoms with E-state index < -0.39 is 11.8 Å².